The van der Waals surface area contributed by atoms with Crippen LogP contribution in [0.15, 0.2) is 42.5 Å². The third-order valence-corrected chi connectivity index (χ3v) is 5.86. The highest BCUT2D eigenvalue weighted by Crippen LogP contribution is 2.32. The standard InChI is InChI=1S/C23H26ClN5O2/c1-28(23(25)26)22(30)21-13-18-19(24)11-17(12-20(18)27-21)31-16-7-5-6-15(10-16)14-29-8-3-2-4-9-29/h5-7,10-13,27H,2-4,8-9,14H2,1H3,(H3,25,26). The van der Waals surface area contributed by atoms with Crippen molar-refractivity contribution in [2.24, 2.45) is 5.73 Å². The molecule has 0 bridgehead atoms. The van der Waals surface area contributed by atoms with E-state index >= 15 is 0 Å². The van der Waals surface area contributed by atoms with Gasteiger partial charge in [0.05, 0.1) is 10.5 Å². The first-order valence-electron chi connectivity index (χ1n) is 10.3. The van der Waals surface area contributed by atoms with Crippen LogP contribution < -0.4 is 10.5 Å². The number of hydrogen-bond donors (Lipinski definition) is 3. The fourth-order valence-corrected chi connectivity index (χ4v) is 4.12. The number of halogens is 1. The van der Waals surface area contributed by atoms with Crippen molar-refractivity contribution in [3.8, 4) is 11.5 Å². The number of ether oxygens (including phenoxy) is 1. The Balaban J connectivity index is 1.54. The van der Waals surface area contributed by atoms with Crippen molar-refractivity contribution in [2.75, 3.05) is 20.1 Å². The van der Waals surface area contributed by atoms with E-state index in [0.29, 0.717) is 27.4 Å². The highest BCUT2D eigenvalue weighted by molar-refractivity contribution is 6.35. The predicted octanol–water partition coefficient (Wildman–Crippen LogP) is 4.56. The van der Waals surface area contributed by atoms with Gasteiger partial charge < -0.3 is 15.5 Å². The van der Waals surface area contributed by atoms with Crippen molar-refractivity contribution in [3.05, 3.63) is 58.7 Å². The summed E-state index contributed by atoms with van der Waals surface area (Å²) in [7, 11) is 1.45. The molecular weight excluding hydrogens is 414 g/mol. The summed E-state index contributed by atoms with van der Waals surface area (Å²) in [5.74, 6) is 0.577. The molecule has 0 unspecified atom stereocenters. The van der Waals surface area contributed by atoms with Crippen LogP contribution in [0.25, 0.3) is 10.9 Å². The number of aromatic nitrogens is 1. The van der Waals surface area contributed by atoms with Crippen LogP contribution >= 0.6 is 11.6 Å². The highest BCUT2D eigenvalue weighted by atomic mass is 35.5. The summed E-state index contributed by atoms with van der Waals surface area (Å²) >= 11 is 6.45. The Kier molecular flexibility index (Phi) is 6.15. The quantitative estimate of drug-likeness (QED) is 0.400. The minimum Gasteiger partial charge on any atom is -0.457 e. The van der Waals surface area contributed by atoms with Crippen LogP contribution in [0.5, 0.6) is 11.5 Å². The number of nitrogens with one attached hydrogen (secondary N) is 2. The molecule has 7 nitrogen and oxygen atoms in total. The van der Waals surface area contributed by atoms with Crippen molar-refractivity contribution in [2.45, 2.75) is 25.8 Å². The number of nitrogens with zero attached hydrogens (tertiary/aromatic N) is 2. The molecular formula is C23H26ClN5O2. The monoisotopic (exact) mass is 439 g/mol. The lowest BCUT2D eigenvalue weighted by atomic mass is 10.1. The van der Waals surface area contributed by atoms with Gasteiger partial charge >= 0.3 is 0 Å². The van der Waals surface area contributed by atoms with Crippen LogP contribution in [-0.2, 0) is 6.54 Å². The van der Waals surface area contributed by atoms with Crippen molar-refractivity contribution < 1.29 is 9.53 Å². The number of benzene rings is 2. The van der Waals surface area contributed by atoms with Gasteiger partial charge in [0.2, 0.25) is 0 Å². The summed E-state index contributed by atoms with van der Waals surface area (Å²) < 4.78 is 6.08. The molecule has 1 fully saturated rings. The molecule has 1 aliphatic rings. The van der Waals surface area contributed by atoms with E-state index < -0.39 is 5.91 Å². The second kappa shape index (κ2) is 8.99. The predicted molar refractivity (Wildman–Crippen MR) is 123 cm³/mol. The first-order chi connectivity index (χ1) is 14.9. The molecule has 2 heterocycles. The van der Waals surface area contributed by atoms with E-state index in [1.807, 2.05) is 18.2 Å². The molecule has 0 radical (unpaired) electrons. The van der Waals surface area contributed by atoms with Gasteiger partial charge in [-0.25, -0.2) is 0 Å². The summed E-state index contributed by atoms with van der Waals surface area (Å²) in [5, 5.41) is 8.61. The molecule has 0 atom stereocenters. The fraction of sp³-hybridized carbons (Fsp3) is 0.304. The van der Waals surface area contributed by atoms with Crippen LogP contribution in [0.1, 0.15) is 35.3 Å². The molecule has 2 aromatic carbocycles. The molecule has 1 aromatic heterocycles. The van der Waals surface area contributed by atoms with Gasteiger partial charge in [0.15, 0.2) is 5.96 Å². The number of aromatic amines is 1. The minimum absolute atomic E-state index is 0.301. The molecule has 31 heavy (non-hydrogen) atoms. The number of amides is 1. The molecule has 0 spiro atoms. The molecule has 4 N–H and O–H groups in total. The van der Waals surface area contributed by atoms with Gasteiger partial charge in [-0.1, -0.05) is 30.2 Å². The van der Waals surface area contributed by atoms with Crippen LogP contribution in [-0.4, -0.2) is 46.8 Å². The molecule has 0 aliphatic carbocycles. The van der Waals surface area contributed by atoms with Gasteiger partial charge in [0.1, 0.15) is 17.2 Å². The van der Waals surface area contributed by atoms with Crippen molar-refractivity contribution >= 4 is 34.4 Å². The zero-order chi connectivity index (χ0) is 22.0. The van der Waals surface area contributed by atoms with E-state index in [4.69, 9.17) is 27.5 Å². The number of hydrogen-bond acceptors (Lipinski definition) is 4. The average molecular weight is 440 g/mol. The molecule has 3 aromatic rings. The summed E-state index contributed by atoms with van der Waals surface area (Å²) in [6.45, 7) is 3.21. The van der Waals surface area contributed by atoms with Gasteiger partial charge in [0.25, 0.3) is 5.91 Å². The molecule has 1 aliphatic heterocycles. The number of fused-ring (bicyclic) bond motifs is 1. The van der Waals surface area contributed by atoms with Gasteiger partial charge in [0, 0.05) is 31.1 Å². The first-order valence-corrected chi connectivity index (χ1v) is 10.7. The van der Waals surface area contributed by atoms with E-state index in [1.165, 1.54) is 31.9 Å². The van der Waals surface area contributed by atoms with E-state index in [0.717, 1.165) is 30.3 Å². The van der Waals surface area contributed by atoms with Gasteiger partial charge in [-0.05, 0) is 49.7 Å². The van der Waals surface area contributed by atoms with Crippen LogP contribution in [0, 0.1) is 5.41 Å². The Labute approximate surface area is 186 Å². The highest BCUT2D eigenvalue weighted by Gasteiger charge is 2.18. The summed E-state index contributed by atoms with van der Waals surface area (Å²) in [5.41, 5.74) is 7.59. The number of carbonyl (C=O) groups is 1. The fourth-order valence-electron chi connectivity index (χ4n) is 3.85. The molecule has 1 amide bonds. The van der Waals surface area contributed by atoms with E-state index in [1.54, 1.807) is 12.1 Å². The van der Waals surface area contributed by atoms with Crippen LogP contribution in [0.4, 0.5) is 0 Å². The maximum absolute atomic E-state index is 12.4. The van der Waals surface area contributed by atoms with Gasteiger partial charge in [-0.3, -0.25) is 20.0 Å². The lowest BCUT2D eigenvalue weighted by Gasteiger charge is -2.26. The number of likely N-dealkylation sites (tertiary alicyclic amines) is 1. The number of nitrogens with two attached hydrogens (primary N) is 1. The number of rotatable bonds is 5. The minimum atomic E-state index is -0.410. The zero-order valence-corrected chi connectivity index (χ0v) is 18.2. The third-order valence-electron chi connectivity index (χ3n) is 5.55. The lowest BCUT2D eigenvalue weighted by molar-refractivity contribution is 0.0864. The maximum Gasteiger partial charge on any atom is 0.276 e. The van der Waals surface area contributed by atoms with Gasteiger partial charge in [-0.15, -0.1) is 0 Å². The maximum atomic E-state index is 12.4. The average Bonchev–Trinajstić information content (AvgIpc) is 3.18. The molecule has 162 valence electrons. The number of H-pyrrole nitrogens is 1. The second-order valence-electron chi connectivity index (χ2n) is 7.89. The molecule has 8 heteroatoms. The van der Waals surface area contributed by atoms with Crippen molar-refractivity contribution in [1.29, 1.82) is 5.41 Å². The van der Waals surface area contributed by atoms with Crippen molar-refractivity contribution in [1.82, 2.24) is 14.8 Å². The SMILES string of the molecule is CN(C(=N)N)C(=O)c1cc2c(Cl)cc(Oc3cccc(CN4CCCCC4)c3)cc2[nH]1. The molecule has 1 saturated heterocycles. The van der Waals surface area contributed by atoms with E-state index in [9.17, 15) is 4.79 Å². The van der Waals surface area contributed by atoms with E-state index in [2.05, 4.69) is 22.0 Å². The van der Waals surface area contributed by atoms with Crippen LogP contribution in [0.2, 0.25) is 5.02 Å². The molecule has 4 rings (SSSR count). The van der Waals surface area contributed by atoms with E-state index in [-0.39, 0.29) is 5.96 Å². The van der Waals surface area contributed by atoms with Crippen LogP contribution in [0.3, 0.4) is 0 Å². The first kappa shape index (κ1) is 21.2. The number of piperidine rings is 1. The summed E-state index contributed by atoms with van der Waals surface area (Å²) in [4.78, 5) is 19.0. The normalized spacial score (nSPS) is 14.5. The number of guanidine groups is 1. The Bertz CT molecular complexity index is 1120. The smallest absolute Gasteiger partial charge is 0.276 e. The lowest BCUT2D eigenvalue weighted by Crippen LogP contribution is -2.38. The largest absolute Gasteiger partial charge is 0.457 e. The van der Waals surface area contributed by atoms with Crippen molar-refractivity contribution in [3.63, 3.8) is 0 Å². The molecule has 0 saturated carbocycles. The zero-order valence-electron chi connectivity index (χ0n) is 17.5. The van der Waals surface area contributed by atoms with Gasteiger partial charge in [-0.2, -0.15) is 0 Å². The Morgan fingerprint density at radius 1 is 1.19 bits per heavy atom. The Morgan fingerprint density at radius 3 is 2.71 bits per heavy atom. The Hall–Kier alpha value is -3.03. The Morgan fingerprint density at radius 2 is 1.97 bits per heavy atom. The second-order valence-corrected chi connectivity index (χ2v) is 8.29. The summed E-state index contributed by atoms with van der Waals surface area (Å²) in [6.07, 6.45) is 3.84. The third kappa shape index (κ3) is 4.84. The topological polar surface area (TPSA) is 98.4 Å². The number of carbonyl (C=O) groups excluding carboxylic acids is 1. The summed E-state index contributed by atoms with van der Waals surface area (Å²) in [6, 6.07) is 13.3.